The maximum atomic E-state index is 11.6. The number of pyridine rings is 1. The van der Waals surface area contributed by atoms with Gasteiger partial charge in [-0.25, -0.2) is 9.78 Å². The number of amides is 1. The lowest BCUT2D eigenvalue weighted by atomic mass is 10.2. The van der Waals surface area contributed by atoms with E-state index in [0.29, 0.717) is 22.0 Å². The molecule has 0 aliphatic heterocycles. The van der Waals surface area contributed by atoms with Crippen LogP contribution in [0.4, 0.5) is 10.6 Å². The lowest BCUT2D eigenvalue weighted by molar-refractivity contribution is 0.0635. The molecule has 0 saturated heterocycles. The number of rotatable bonds is 1. The van der Waals surface area contributed by atoms with Gasteiger partial charge in [0.1, 0.15) is 10.8 Å². The van der Waals surface area contributed by atoms with E-state index in [4.69, 9.17) is 16.3 Å². The van der Waals surface area contributed by atoms with Gasteiger partial charge in [-0.05, 0) is 32.9 Å². The molecule has 96 valence electrons. The number of hydrogen-bond donors (Lipinski definition) is 2. The van der Waals surface area contributed by atoms with Crippen LogP contribution in [0.1, 0.15) is 20.8 Å². The Balaban J connectivity index is 2.20. The number of H-pyrrole nitrogens is 1. The molecule has 0 unspecified atom stereocenters. The molecule has 2 N–H and O–H groups in total. The summed E-state index contributed by atoms with van der Waals surface area (Å²) in [7, 11) is 0. The van der Waals surface area contributed by atoms with E-state index >= 15 is 0 Å². The van der Waals surface area contributed by atoms with Crippen LogP contribution >= 0.6 is 11.6 Å². The van der Waals surface area contributed by atoms with Crippen LogP contribution in [0.25, 0.3) is 11.0 Å². The highest BCUT2D eigenvalue weighted by Gasteiger charge is 2.18. The molecule has 0 fully saturated rings. The Morgan fingerprint density at radius 1 is 1.44 bits per heavy atom. The highest BCUT2D eigenvalue weighted by atomic mass is 35.5. The number of carbonyl (C=O) groups is 1. The predicted octanol–water partition coefficient (Wildman–Crippen LogP) is 2.96. The molecule has 7 heteroatoms. The number of aromatic amines is 1. The molecule has 18 heavy (non-hydrogen) atoms. The minimum Gasteiger partial charge on any atom is -0.444 e. The minimum absolute atomic E-state index is 0.356. The van der Waals surface area contributed by atoms with E-state index in [1.165, 1.54) is 0 Å². The number of nitrogens with zero attached hydrogens (tertiary/aromatic N) is 2. The molecule has 0 aliphatic rings. The van der Waals surface area contributed by atoms with Crippen molar-refractivity contribution < 1.29 is 9.53 Å². The van der Waals surface area contributed by atoms with Crippen LogP contribution < -0.4 is 5.32 Å². The van der Waals surface area contributed by atoms with Gasteiger partial charge in [0.05, 0.1) is 5.39 Å². The van der Waals surface area contributed by atoms with E-state index in [1.807, 2.05) is 0 Å². The van der Waals surface area contributed by atoms with Crippen LogP contribution in [0.15, 0.2) is 12.1 Å². The summed E-state index contributed by atoms with van der Waals surface area (Å²) in [5, 5.41) is 10.2. The Labute approximate surface area is 109 Å². The van der Waals surface area contributed by atoms with Crippen LogP contribution in [0.3, 0.4) is 0 Å². The van der Waals surface area contributed by atoms with Crippen molar-refractivity contribution in [3.8, 4) is 0 Å². The third-order valence-corrected chi connectivity index (χ3v) is 2.22. The molecule has 6 nitrogen and oxygen atoms in total. The second-order valence-corrected chi connectivity index (χ2v) is 5.12. The van der Waals surface area contributed by atoms with Crippen molar-refractivity contribution in [3.63, 3.8) is 0 Å². The first-order valence-corrected chi connectivity index (χ1v) is 5.73. The number of anilines is 1. The van der Waals surface area contributed by atoms with E-state index in [9.17, 15) is 4.79 Å². The van der Waals surface area contributed by atoms with Crippen LogP contribution in [0.5, 0.6) is 0 Å². The molecule has 0 atom stereocenters. The quantitative estimate of drug-likeness (QED) is 0.779. The minimum atomic E-state index is -0.564. The average molecular weight is 269 g/mol. The highest BCUT2D eigenvalue weighted by molar-refractivity contribution is 6.29. The molecule has 2 heterocycles. The van der Waals surface area contributed by atoms with Crippen LogP contribution in [0.2, 0.25) is 5.15 Å². The van der Waals surface area contributed by atoms with Crippen molar-refractivity contribution in [1.82, 2.24) is 15.2 Å². The number of fused-ring (bicyclic) bond motifs is 1. The van der Waals surface area contributed by atoms with Crippen molar-refractivity contribution >= 4 is 34.5 Å². The Morgan fingerprint density at radius 2 is 2.17 bits per heavy atom. The van der Waals surface area contributed by atoms with Crippen LogP contribution in [-0.4, -0.2) is 26.9 Å². The van der Waals surface area contributed by atoms with Gasteiger partial charge in [-0.2, -0.15) is 5.10 Å². The zero-order valence-corrected chi connectivity index (χ0v) is 11.0. The first kappa shape index (κ1) is 12.6. The molecule has 2 aromatic heterocycles. The van der Waals surface area contributed by atoms with Gasteiger partial charge >= 0.3 is 6.09 Å². The van der Waals surface area contributed by atoms with Crippen LogP contribution in [-0.2, 0) is 4.74 Å². The van der Waals surface area contributed by atoms with Crippen molar-refractivity contribution in [2.75, 3.05) is 5.32 Å². The SMILES string of the molecule is CC(C)(C)OC(=O)Nc1n[nH]c2nc(Cl)ccc12. The fourth-order valence-electron chi connectivity index (χ4n) is 1.38. The number of halogens is 1. The summed E-state index contributed by atoms with van der Waals surface area (Å²) in [6.45, 7) is 5.36. The van der Waals surface area contributed by atoms with E-state index < -0.39 is 11.7 Å². The maximum absolute atomic E-state index is 11.6. The second kappa shape index (κ2) is 4.45. The first-order chi connectivity index (χ1) is 8.35. The lowest BCUT2D eigenvalue weighted by Gasteiger charge is -2.19. The number of carbonyl (C=O) groups excluding carboxylic acids is 1. The molecular formula is C11H13ClN4O2. The smallest absolute Gasteiger partial charge is 0.413 e. The van der Waals surface area contributed by atoms with E-state index in [1.54, 1.807) is 32.9 Å². The maximum Gasteiger partial charge on any atom is 0.413 e. The topological polar surface area (TPSA) is 79.9 Å². The molecule has 0 aliphatic carbocycles. The summed E-state index contributed by atoms with van der Waals surface area (Å²) >= 11 is 5.75. The summed E-state index contributed by atoms with van der Waals surface area (Å²) in [6.07, 6.45) is -0.564. The first-order valence-electron chi connectivity index (χ1n) is 5.36. The van der Waals surface area contributed by atoms with E-state index in [0.717, 1.165) is 0 Å². The van der Waals surface area contributed by atoms with Gasteiger partial charge < -0.3 is 4.74 Å². The highest BCUT2D eigenvalue weighted by Crippen LogP contribution is 2.21. The number of hydrogen-bond acceptors (Lipinski definition) is 4. The van der Waals surface area contributed by atoms with Gasteiger partial charge in [0.2, 0.25) is 0 Å². The van der Waals surface area contributed by atoms with Crippen molar-refractivity contribution in [2.45, 2.75) is 26.4 Å². The zero-order chi connectivity index (χ0) is 13.3. The number of nitrogens with one attached hydrogen (secondary N) is 2. The summed E-state index contributed by atoms with van der Waals surface area (Å²) in [6, 6.07) is 3.35. The zero-order valence-electron chi connectivity index (χ0n) is 10.2. The Hall–Kier alpha value is -1.82. The molecule has 2 aromatic rings. The fraction of sp³-hybridized carbons (Fsp3) is 0.364. The van der Waals surface area contributed by atoms with E-state index in [-0.39, 0.29) is 0 Å². The van der Waals surface area contributed by atoms with Crippen LogP contribution in [0, 0.1) is 0 Å². The van der Waals surface area contributed by atoms with Gasteiger partial charge in [0.15, 0.2) is 11.5 Å². The predicted molar refractivity (Wildman–Crippen MR) is 68.8 cm³/mol. The average Bonchev–Trinajstić information content (AvgIpc) is 2.57. The van der Waals surface area contributed by atoms with Crippen molar-refractivity contribution in [1.29, 1.82) is 0 Å². The van der Waals surface area contributed by atoms with Crippen molar-refractivity contribution in [3.05, 3.63) is 17.3 Å². The summed E-state index contributed by atoms with van der Waals surface area (Å²) in [5.41, 5.74) is -0.0499. The molecule has 0 bridgehead atoms. The third-order valence-electron chi connectivity index (χ3n) is 2.01. The molecule has 0 spiro atoms. The molecule has 0 radical (unpaired) electrons. The largest absolute Gasteiger partial charge is 0.444 e. The van der Waals surface area contributed by atoms with Gasteiger partial charge in [0, 0.05) is 0 Å². The van der Waals surface area contributed by atoms with Gasteiger partial charge in [0.25, 0.3) is 0 Å². The molecule has 0 aromatic carbocycles. The number of ether oxygens (including phenoxy) is 1. The Bertz CT molecular complexity index is 588. The monoisotopic (exact) mass is 268 g/mol. The summed E-state index contributed by atoms with van der Waals surface area (Å²) < 4.78 is 5.13. The Morgan fingerprint density at radius 3 is 2.83 bits per heavy atom. The summed E-state index contributed by atoms with van der Waals surface area (Å²) in [4.78, 5) is 15.6. The molecule has 0 saturated carbocycles. The summed E-state index contributed by atoms with van der Waals surface area (Å²) in [5.74, 6) is 0.364. The van der Waals surface area contributed by atoms with E-state index in [2.05, 4.69) is 20.5 Å². The van der Waals surface area contributed by atoms with Crippen molar-refractivity contribution in [2.24, 2.45) is 0 Å². The Kier molecular flexibility index (Phi) is 3.13. The second-order valence-electron chi connectivity index (χ2n) is 4.73. The molecule has 1 amide bonds. The van der Waals surface area contributed by atoms with Gasteiger partial charge in [-0.15, -0.1) is 0 Å². The standard InChI is InChI=1S/C11H13ClN4O2/c1-11(2,3)18-10(17)14-9-6-4-5-7(12)13-8(6)15-16-9/h4-5H,1-3H3,(H2,13,14,15,16,17). The van der Waals surface area contributed by atoms with Gasteiger partial charge in [-0.3, -0.25) is 10.4 Å². The third kappa shape index (κ3) is 2.89. The lowest BCUT2D eigenvalue weighted by Crippen LogP contribution is -2.27. The molecule has 2 rings (SSSR count). The fourth-order valence-corrected chi connectivity index (χ4v) is 1.52. The normalized spacial score (nSPS) is 11.6. The molecular weight excluding hydrogens is 256 g/mol. The van der Waals surface area contributed by atoms with Gasteiger partial charge in [-0.1, -0.05) is 11.6 Å². The number of aromatic nitrogens is 3.